The van der Waals surface area contributed by atoms with Gasteiger partial charge in [0.2, 0.25) is 5.91 Å². The first-order valence-electron chi connectivity index (χ1n) is 11.7. The Labute approximate surface area is 194 Å². The van der Waals surface area contributed by atoms with Crippen molar-refractivity contribution in [3.63, 3.8) is 0 Å². The molecule has 2 aliphatic rings. The minimum Gasteiger partial charge on any atom is -0.467 e. The summed E-state index contributed by atoms with van der Waals surface area (Å²) in [6, 6.07) is 18.1. The molecule has 1 aromatic heterocycles. The Morgan fingerprint density at radius 3 is 2.76 bits per heavy atom. The molecule has 6 nitrogen and oxygen atoms in total. The fourth-order valence-electron chi connectivity index (χ4n) is 4.64. The number of benzene rings is 2. The van der Waals surface area contributed by atoms with E-state index in [1.165, 1.54) is 11.3 Å². The number of fused-ring (bicyclic) bond motifs is 1. The zero-order valence-corrected chi connectivity index (χ0v) is 18.8. The van der Waals surface area contributed by atoms with Crippen LogP contribution >= 0.6 is 0 Å². The van der Waals surface area contributed by atoms with Gasteiger partial charge in [-0.1, -0.05) is 36.8 Å². The van der Waals surface area contributed by atoms with E-state index < -0.39 is 0 Å². The van der Waals surface area contributed by atoms with Crippen molar-refractivity contribution in [2.45, 2.75) is 51.7 Å². The van der Waals surface area contributed by atoms with Crippen LogP contribution in [0.15, 0.2) is 65.3 Å². The van der Waals surface area contributed by atoms with Crippen LogP contribution in [0.1, 0.15) is 53.4 Å². The standard InChI is InChI=1S/C27H29N3O3/c1-18-14-21-7-2-3-11-24(21)30(18)17-25-23(12-13-33-25)27(32)28-16-19-6-4-10-22(15-19)29-26(31)20-8-5-9-20/h2-4,6-7,10-13,15,18,20H,5,8-9,14,16-17H2,1H3,(H,28,32)(H,29,31). The molecule has 0 saturated heterocycles. The molecule has 1 saturated carbocycles. The number of nitrogens with zero attached hydrogens (tertiary/aromatic N) is 1. The highest BCUT2D eigenvalue weighted by atomic mass is 16.3. The molecule has 2 heterocycles. The Hall–Kier alpha value is -3.54. The third-order valence-corrected chi connectivity index (χ3v) is 6.78. The molecular formula is C27H29N3O3. The Balaban J connectivity index is 1.22. The maximum absolute atomic E-state index is 12.9. The van der Waals surface area contributed by atoms with Crippen LogP contribution in [-0.2, 0) is 24.3 Å². The van der Waals surface area contributed by atoms with E-state index in [9.17, 15) is 9.59 Å². The van der Waals surface area contributed by atoms with Crippen molar-refractivity contribution in [1.29, 1.82) is 0 Å². The number of hydrogen-bond acceptors (Lipinski definition) is 4. The highest BCUT2D eigenvalue weighted by Gasteiger charge is 2.28. The van der Waals surface area contributed by atoms with Crippen LogP contribution < -0.4 is 15.5 Å². The molecule has 33 heavy (non-hydrogen) atoms. The van der Waals surface area contributed by atoms with Gasteiger partial charge in [-0.25, -0.2) is 0 Å². The molecule has 5 rings (SSSR count). The zero-order chi connectivity index (χ0) is 22.8. The number of rotatable bonds is 7. The van der Waals surface area contributed by atoms with Crippen LogP contribution in [0.4, 0.5) is 11.4 Å². The molecule has 0 spiro atoms. The molecular weight excluding hydrogens is 414 g/mol. The average molecular weight is 444 g/mol. The number of anilines is 2. The maximum Gasteiger partial charge on any atom is 0.255 e. The Kier molecular flexibility index (Phi) is 5.90. The summed E-state index contributed by atoms with van der Waals surface area (Å²) in [5, 5.41) is 5.98. The molecule has 1 aliphatic carbocycles. The molecule has 3 aromatic rings. The van der Waals surface area contributed by atoms with Crippen LogP contribution in [0.25, 0.3) is 0 Å². The van der Waals surface area contributed by atoms with Gasteiger partial charge in [-0.05, 0) is 61.6 Å². The zero-order valence-electron chi connectivity index (χ0n) is 18.8. The summed E-state index contributed by atoms with van der Waals surface area (Å²) in [7, 11) is 0. The first-order valence-corrected chi connectivity index (χ1v) is 11.7. The molecule has 1 fully saturated rings. The molecule has 1 aliphatic heterocycles. The smallest absolute Gasteiger partial charge is 0.255 e. The van der Waals surface area contributed by atoms with Crippen molar-refractivity contribution in [3.05, 3.63) is 83.3 Å². The fourth-order valence-corrected chi connectivity index (χ4v) is 4.64. The molecule has 1 unspecified atom stereocenters. The van der Waals surface area contributed by atoms with E-state index in [2.05, 4.69) is 40.7 Å². The average Bonchev–Trinajstić information content (AvgIpc) is 3.36. The van der Waals surface area contributed by atoms with Gasteiger partial charge in [0.1, 0.15) is 5.76 Å². The predicted molar refractivity (Wildman–Crippen MR) is 128 cm³/mol. The third kappa shape index (κ3) is 4.51. The van der Waals surface area contributed by atoms with Crippen molar-refractivity contribution >= 4 is 23.2 Å². The maximum atomic E-state index is 12.9. The largest absolute Gasteiger partial charge is 0.467 e. The number of amides is 2. The molecule has 1 atom stereocenters. The van der Waals surface area contributed by atoms with Gasteiger partial charge < -0.3 is 20.0 Å². The quantitative estimate of drug-likeness (QED) is 0.545. The number of carbonyl (C=O) groups excluding carboxylic acids is 2. The minimum absolute atomic E-state index is 0.0863. The summed E-state index contributed by atoms with van der Waals surface area (Å²) in [6.07, 6.45) is 5.63. The van der Waals surface area contributed by atoms with Crippen LogP contribution in [-0.4, -0.2) is 17.9 Å². The number of furan rings is 1. The van der Waals surface area contributed by atoms with Crippen LogP contribution in [0.2, 0.25) is 0 Å². The van der Waals surface area contributed by atoms with Gasteiger partial charge in [0.15, 0.2) is 0 Å². The van der Waals surface area contributed by atoms with Gasteiger partial charge in [0.25, 0.3) is 5.91 Å². The van der Waals surface area contributed by atoms with E-state index in [0.29, 0.717) is 30.5 Å². The fraction of sp³-hybridized carbons (Fsp3) is 0.333. The highest BCUT2D eigenvalue weighted by Crippen LogP contribution is 2.33. The van der Waals surface area contributed by atoms with Gasteiger partial charge in [-0.2, -0.15) is 0 Å². The summed E-state index contributed by atoms with van der Waals surface area (Å²) < 4.78 is 5.71. The Morgan fingerprint density at radius 2 is 1.94 bits per heavy atom. The monoisotopic (exact) mass is 443 g/mol. The van der Waals surface area contributed by atoms with E-state index in [0.717, 1.165) is 36.9 Å². The van der Waals surface area contributed by atoms with E-state index in [-0.39, 0.29) is 17.7 Å². The molecule has 0 bridgehead atoms. The normalized spacial score (nSPS) is 17.4. The van der Waals surface area contributed by atoms with Crippen molar-refractivity contribution in [2.75, 3.05) is 10.2 Å². The number of hydrogen-bond donors (Lipinski definition) is 2. The summed E-state index contributed by atoms with van der Waals surface area (Å²) in [4.78, 5) is 27.4. The lowest BCUT2D eigenvalue weighted by atomic mass is 9.85. The molecule has 2 amide bonds. The third-order valence-electron chi connectivity index (χ3n) is 6.78. The number of carbonyl (C=O) groups is 2. The highest BCUT2D eigenvalue weighted by molar-refractivity contribution is 5.95. The van der Waals surface area contributed by atoms with Gasteiger partial charge in [0, 0.05) is 29.9 Å². The topological polar surface area (TPSA) is 74.6 Å². The molecule has 6 heteroatoms. The summed E-state index contributed by atoms with van der Waals surface area (Å²) in [6.45, 7) is 3.12. The predicted octanol–water partition coefficient (Wildman–Crippen LogP) is 4.90. The van der Waals surface area contributed by atoms with Gasteiger partial charge in [-0.15, -0.1) is 0 Å². The van der Waals surface area contributed by atoms with Crippen molar-refractivity contribution < 1.29 is 14.0 Å². The second-order valence-electron chi connectivity index (χ2n) is 9.07. The van der Waals surface area contributed by atoms with E-state index in [1.807, 2.05) is 30.3 Å². The van der Waals surface area contributed by atoms with Crippen molar-refractivity contribution in [1.82, 2.24) is 5.32 Å². The van der Waals surface area contributed by atoms with Crippen LogP contribution in [0, 0.1) is 5.92 Å². The van der Waals surface area contributed by atoms with Gasteiger partial charge in [0.05, 0.1) is 18.4 Å². The number of nitrogens with one attached hydrogen (secondary N) is 2. The minimum atomic E-state index is -0.164. The molecule has 2 aromatic carbocycles. The summed E-state index contributed by atoms with van der Waals surface area (Å²) >= 11 is 0. The van der Waals surface area contributed by atoms with Crippen LogP contribution in [0.5, 0.6) is 0 Å². The SMILES string of the molecule is CC1Cc2ccccc2N1Cc1occc1C(=O)NCc1cccc(NC(=O)C2CCC2)c1. The molecule has 170 valence electrons. The lowest BCUT2D eigenvalue weighted by Gasteiger charge is -2.24. The van der Waals surface area contributed by atoms with Crippen molar-refractivity contribution in [3.8, 4) is 0 Å². The van der Waals surface area contributed by atoms with Gasteiger partial charge >= 0.3 is 0 Å². The number of para-hydroxylation sites is 1. The second-order valence-corrected chi connectivity index (χ2v) is 9.07. The Bertz CT molecular complexity index is 1160. The van der Waals surface area contributed by atoms with E-state index in [1.54, 1.807) is 12.3 Å². The Morgan fingerprint density at radius 1 is 1.09 bits per heavy atom. The summed E-state index contributed by atoms with van der Waals surface area (Å²) in [5.74, 6) is 0.724. The lowest BCUT2D eigenvalue weighted by molar-refractivity contribution is -0.122. The van der Waals surface area contributed by atoms with E-state index >= 15 is 0 Å². The van der Waals surface area contributed by atoms with E-state index in [4.69, 9.17) is 4.42 Å². The van der Waals surface area contributed by atoms with Gasteiger partial charge in [-0.3, -0.25) is 9.59 Å². The first kappa shape index (κ1) is 21.3. The lowest BCUT2D eigenvalue weighted by Crippen LogP contribution is -2.30. The molecule has 2 N–H and O–H groups in total. The first-order chi connectivity index (χ1) is 16.1. The second kappa shape index (κ2) is 9.14. The van der Waals surface area contributed by atoms with Crippen molar-refractivity contribution in [2.24, 2.45) is 5.92 Å². The summed E-state index contributed by atoms with van der Waals surface area (Å²) in [5.41, 5.74) is 4.78. The van der Waals surface area contributed by atoms with Crippen LogP contribution in [0.3, 0.4) is 0 Å². The molecule has 0 radical (unpaired) electrons.